The lowest BCUT2D eigenvalue weighted by Crippen LogP contribution is -2.54. The van der Waals surface area contributed by atoms with Crippen LogP contribution in [0.25, 0.3) is 0 Å². The SMILES string of the molecule is COC(=O)COCCOCCOCCOCCOCCOCCOCCOCCOCCNc1cccc2c1C(=O)N(C1CCC(=O)NC1=O)C2=O. The van der Waals surface area contributed by atoms with Crippen LogP contribution in [0.5, 0.6) is 0 Å². The van der Waals surface area contributed by atoms with Gasteiger partial charge < -0.3 is 52.7 Å². The van der Waals surface area contributed by atoms with Crippen molar-refractivity contribution in [2.45, 2.75) is 18.9 Å². The maximum Gasteiger partial charge on any atom is 0.331 e. The summed E-state index contributed by atoms with van der Waals surface area (Å²) in [5.41, 5.74) is 0.895. The molecule has 1 saturated heterocycles. The van der Waals surface area contributed by atoms with Crippen LogP contribution in [-0.4, -0.2) is 173 Å². The molecule has 0 aliphatic carbocycles. The number of ether oxygens (including phenoxy) is 10. The minimum atomic E-state index is -1.01. The van der Waals surface area contributed by atoms with E-state index in [4.69, 9.17) is 42.6 Å². The van der Waals surface area contributed by atoms with E-state index in [2.05, 4.69) is 15.4 Å². The van der Waals surface area contributed by atoms with Gasteiger partial charge in [0.2, 0.25) is 11.8 Å². The number of anilines is 1. The van der Waals surface area contributed by atoms with Gasteiger partial charge in [0.05, 0.1) is 131 Å². The number of benzene rings is 1. The molecule has 1 unspecified atom stereocenters. The van der Waals surface area contributed by atoms with Gasteiger partial charge >= 0.3 is 5.97 Å². The monoisotopic (exact) mass is 741 g/mol. The highest BCUT2D eigenvalue weighted by Crippen LogP contribution is 2.32. The first-order valence-electron chi connectivity index (χ1n) is 17.3. The summed E-state index contributed by atoms with van der Waals surface area (Å²) < 4.78 is 53.2. The molecule has 4 amide bonds. The number of piperidine rings is 1. The van der Waals surface area contributed by atoms with Gasteiger partial charge in [-0.15, -0.1) is 0 Å². The predicted octanol–water partition coefficient (Wildman–Crippen LogP) is -0.178. The Morgan fingerprint density at radius 2 is 1.13 bits per heavy atom. The number of carbonyl (C=O) groups is 5. The van der Waals surface area contributed by atoms with Gasteiger partial charge in [-0.3, -0.25) is 29.4 Å². The predicted molar refractivity (Wildman–Crippen MR) is 181 cm³/mol. The number of hydrogen-bond acceptors (Lipinski definition) is 16. The number of amides is 4. The van der Waals surface area contributed by atoms with E-state index >= 15 is 0 Å². The maximum absolute atomic E-state index is 13.1. The van der Waals surface area contributed by atoms with Gasteiger partial charge in [0.1, 0.15) is 12.6 Å². The Morgan fingerprint density at radius 1 is 0.673 bits per heavy atom. The van der Waals surface area contributed by atoms with Crippen molar-refractivity contribution in [1.82, 2.24) is 10.2 Å². The van der Waals surface area contributed by atoms with E-state index < -0.39 is 35.6 Å². The number of hydrogen-bond donors (Lipinski definition) is 2. The molecule has 1 fully saturated rings. The van der Waals surface area contributed by atoms with Crippen molar-refractivity contribution in [2.75, 3.05) is 138 Å². The van der Waals surface area contributed by atoms with Crippen molar-refractivity contribution >= 4 is 35.3 Å². The summed E-state index contributed by atoms with van der Waals surface area (Å²) in [6, 6.07) is 3.89. The molecule has 2 heterocycles. The molecule has 0 saturated carbocycles. The number of methoxy groups -OCH3 is 1. The quantitative estimate of drug-likeness (QED) is 0.0576. The molecule has 1 atom stereocenters. The minimum absolute atomic E-state index is 0.0630. The fraction of sp³-hybridized carbons (Fsp3) is 0.676. The second kappa shape index (κ2) is 26.2. The number of imide groups is 2. The van der Waals surface area contributed by atoms with Crippen LogP contribution in [0, 0.1) is 0 Å². The molecule has 18 nitrogen and oxygen atoms in total. The van der Waals surface area contributed by atoms with Crippen molar-refractivity contribution in [1.29, 1.82) is 0 Å². The zero-order chi connectivity index (χ0) is 37.2. The standard InChI is InChI=1S/C34H51N3O15/c1-43-30(39)25-52-24-23-51-22-21-50-20-19-49-18-17-48-16-15-47-14-13-46-12-11-45-10-9-44-8-7-35-27-4-2-3-26-31(27)34(42)37(33(26)41)28-5-6-29(38)36-32(28)40/h2-4,28,35H,5-25H2,1H3,(H,36,38,40). The lowest BCUT2D eigenvalue weighted by Gasteiger charge is -2.27. The molecule has 52 heavy (non-hydrogen) atoms. The van der Waals surface area contributed by atoms with Crippen molar-refractivity contribution in [3.05, 3.63) is 29.3 Å². The Bertz CT molecular complexity index is 1250. The van der Waals surface area contributed by atoms with E-state index in [1.807, 2.05) is 0 Å². The number of carbonyl (C=O) groups excluding carboxylic acids is 5. The summed E-state index contributed by atoms with van der Waals surface area (Å²) in [4.78, 5) is 61.7. The van der Waals surface area contributed by atoms with Crippen LogP contribution in [0.3, 0.4) is 0 Å². The van der Waals surface area contributed by atoms with Crippen molar-refractivity contribution in [2.24, 2.45) is 0 Å². The summed E-state index contributed by atoms with van der Waals surface area (Å²) in [6.07, 6.45) is 0.164. The summed E-state index contributed by atoms with van der Waals surface area (Å²) in [5, 5.41) is 5.32. The van der Waals surface area contributed by atoms with Crippen molar-refractivity contribution in [3.63, 3.8) is 0 Å². The van der Waals surface area contributed by atoms with Gasteiger partial charge in [0.25, 0.3) is 11.8 Å². The Hall–Kier alpha value is -3.59. The highest BCUT2D eigenvalue weighted by molar-refractivity contribution is 6.25. The molecule has 0 radical (unpaired) electrons. The average molecular weight is 742 g/mol. The van der Waals surface area contributed by atoms with Crippen LogP contribution in [-0.2, 0) is 61.8 Å². The minimum Gasteiger partial charge on any atom is -0.467 e. The van der Waals surface area contributed by atoms with Crippen molar-refractivity contribution in [3.8, 4) is 0 Å². The Kier molecular flexibility index (Phi) is 21.6. The summed E-state index contributed by atoms with van der Waals surface area (Å²) in [7, 11) is 1.30. The highest BCUT2D eigenvalue weighted by Gasteiger charge is 2.45. The molecule has 0 bridgehead atoms. The fourth-order valence-electron chi connectivity index (χ4n) is 4.89. The number of esters is 1. The topological polar surface area (TPSA) is 205 Å². The van der Waals surface area contributed by atoms with E-state index in [0.717, 1.165) is 4.90 Å². The zero-order valence-electron chi connectivity index (χ0n) is 29.7. The second-order valence-corrected chi connectivity index (χ2v) is 11.1. The van der Waals surface area contributed by atoms with Crippen LogP contribution in [0.2, 0.25) is 0 Å². The van der Waals surface area contributed by atoms with E-state index in [9.17, 15) is 24.0 Å². The van der Waals surface area contributed by atoms with Gasteiger partial charge in [-0.1, -0.05) is 6.07 Å². The third-order valence-electron chi connectivity index (χ3n) is 7.45. The molecule has 0 aromatic heterocycles. The van der Waals surface area contributed by atoms with E-state index in [-0.39, 0.29) is 30.6 Å². The smallest absolute Gasteiger partial charge is 0.331 e. The van der Waals surface area contributed by atoms with Gasteiger partial charge in [-0.05, 0) is 18.6 Å². The van der Waals surface area contributed by atoms with Crippen LogP contribution in [0.15, 0.2) is 18.2 Å². The molecule has 292 valence electrons. The van der Waals surface area contributed by atoms with E-state index in [0.29, 0.717) is 125 Å². The summed E-state index contributed by atoms with van der Waals surface area (Å²) >= 11 is 0. The molecule has 2 aliphatic rings. The van der Waals surface area contributed by atoms with E-state index in [1.54, 1.807) is 18.2 Å². The number of rotatable bonds is 31. The molecule has 0 spiro atoms. The third-order valence-corrected chi connectivity index (χ3v) is 7.45. The third kappa shape index (κ3) is 16.0. The lowest BCUT2D eigenvalue weighted by atomic mass is 10.0. The lowest BCUT2D eigenvalue weighted by molar-refractivity contribution is -0.146. The number of nitrogens with one attached hydrogen (secondary N) is 2. The molecular weight excluding hydrogens is 690 g/mol. The zero-order valence-corrected chi connectivity index (χ0v) is 29.7. The highest BCUT2D eigenvalue weighted by atomic mass is 16.6. The van der Waals surface area contributed by atoms with Gasteiger partial charge in [-0.25, -0.2) is 4.79 Å². The van der Waals surface area contributed by atoms with Crippen LogP contribution < -0.4 is 10.6 Å². The molecule has 3 rings (SSSR count). The summed E-state index contributed by atoms with van der Waals surface area (Å²) in [5.74, 6) is -2.60. The molecule has 1 aromatic carbocycles. The molecular formula is C34H51N3O15. The maximum atomic E-state index is 13.1. The van der Waals surface area contributed by atoms with Gasteiger partial charge in [0, 0.05) is 18.7 Å². The summed E-state index contributed by atoms with van der Waals surface area (Å²) in [6.45, 7) is 7.36. The number of nitrogens with zero attached hydrogens (tertiary/aromatic N) is 1. The largest absolute Gasteiger partial charge is 0.467 e. The van der Waals surface area contributed by atoms with Crippen molar-refractivity contribution < 1.29 is 71.3 Å². The second-order valence-electron chi connectivity index (χ2n) is 11.1. The van der Waals surface area contributed by atoms with Crippen LogP contribution in [0.1, 0.15) is 33.6 Å². The molecule has 1 aromatic rings. The average Bonchev–Trinajstić information content (AvgIpc) is 3.39. The number of fused-ring (bicyclic) bond motifs is 1. The first-order valence-corrected chi connectivity index (χ1v) is 17.3. The van der Waals surface area contributed by atoms with Gasteiger partial charge in [-0.2, -0.15) is 0 Å². The van der Waals surface area contributed by atoms with Crippen LogP contribution >= 0.6 is 0 Å². The Morgan fingerprint density at radius 3 is 1.60 bits per heavy atom. The van der Waals surface area contributed by atoms with E-state index in [1.165, 1.54) is 7.11 Å². The molecule has 18 heteroatoms. The Labute approximate surface area is 302 Å². The van der Waals surface area contributed by atoms with Crippen LogP contribution in [0.4, 0.5) is 5.69 Å². The molecule has 2 aliphatic heterocycles. The normalized spacial score (nSPS) is 15.6. The molecule has 2 N–H and O–H groups in total. The Balaban J connectivity index is 1.04. The first kappa shape index (κ1) is 42.8. The van der Waals surface area contributed by atoms with Gasteiger partial charge in [0.15, 0.2) is 0 Å². The fourth-order valence-corrected chi connectivity index (χ4v) is 4.89. The first-order chi connectivity index (χ1) is 25.4.